The zero-order valence-electron chi connectivity index (χ0n) is 15.4. The maximum absolute atomic E-state index is 14.8. The van der Waals surface area contributed by atoms with Crippen molar-refractivity contribution in [3.63, 3.8) is 0 Å². The lowest BCUT2D eigenvalue weighted by atomic mass is 10.1. The molecule has 1 amide bonds. The number of amides is 1. The van der Waals surface area contributed by atoms with Crippen molar-refractivity contribution < 1.29 is 32.9 Å². The van der Waals surface area contributed by atoms with Gasteiger partial charge in [-0.05, 0) is 57.5 Å². The van der Waals surface area contributed by atoms with Gasteiger partial charge in [-0.2, -0.15) is 0 Å². The van der Waals surface area contributed by atoms with Crippen LogP contribution in [-0.4, -0.2) is 30.1 Å². The van der Waals surface area contributed by atoms with Crippen LogP contribution in [0.5, 0.6) is 11.5 Å². The molecule has 1 aliphatic heterocycles. The van der Waals surface area contributed by atoms with E-state index in [0.717, 1.165) is 0 Å². The number of fused-ring (bicyclic) bond motifs is 1. The van der Waals surface area contributed by atoms with E-state index in [1.807, 2.05) is 0 Å². The van der Waals surface area contributed by atoms with E-state index in [1.54, 1.807) is 41.5 Å². The van der Waals surface area contributed by atoms with E-state index in [-0.39, 0.29) is 28.3 Å². The van der Waals surface area contributed by atoms with Crippen LogP contribution in [0, 0.1) is 5.82 Å². The minimum absolute atomic E-state index is 0.0152. The molecule has 1 aliphatic rings. The van der Waals surface area contributed by atoms with Crippen LogP contribution in [0.3, 0.4) is 0 Å². The standard InChI is InChI=1S/C17H21BrFNO6/c1-16(2,3)25-14(21)8-11(20-15(22)26-17(4,5)6)10(19)9(18)13-12(8)23-7-24-13/h7H2,1-6H3,(H,20,22). The molecule has 0 fully saturated rings. The number of hydrogen-bond acceptors (Lipinski definition) is 6. The van der Waals surface area contributed by atoms with E-state index in [0.29, 0.717) is 0 Å². The molecular formula is C17H21BrFNO6. The first kappa shape index (κ1) is 20.3. The summed E-state index contributed by atoms with van der Waals surface area (Å²) in [6.07, 6.45) is -0.924. The highest BCUT2D eigenvalue weighted by molar-refractivity contribution is 9.10. The molecule has 144 valence electrons. The minimum Gasteiger partial charge on any atom is -0.456 e. The highest BCUT2D eigenvalue weighted by atomic mass is 79.9. The van der Waals surface area contributed by atoms with Gasteiger partial charge in [0.1, 0.15) is 21.2 Å². The molecule has 9 heteroatoms. The number of benzene rings is 1. The lowest BCUT2D eigenvalue weighted by molar-refractivity contribution is 0.00670. The van der Waals surface area contributed by atoms with Gasteiger partial charge in [-0.3, -0.25) is 5.32 Å². The van der Waals surface area contributed by atoms with Crippen LogP contribution >= 0.6 is 15.9 Å². The quantitative estimate of drug-likeness (QED) is 0.685. The molecule has 1 N–H and O–H groups in total. The molecule has 2 rings (SSSR count). The smallest absolute Gasteiger partial charge is 0.412 e. The number of esters is 1. The van der Waals surface area contributed by atoms with Gasteiger partial charge in [0.2, 0.25) is 6.79 Å². The average molecular weight is 434 g/mol. The van der Waals surface area contributed by atoms with E-state index in [2.05, 4.69) is 21.2 Å². The normalized spacial score (nSPS) is 13.4. The molecule has 26 heavy (non-hydrogen) atoms. The van der Waals surface area contributed by atoms with Gasteiger partial charge in [-0.1, -0.05) is 0 Å². The first-order valence-corrected chi connectivity index (χ1v) is 8.63. The zero-order chi connectivity index (χ0) is 19.9. The lowest BCUT2D eigenvalue weighted by Crippen LogP contribution is -2.29. The lowest BCUT2D eigenvalue weighted by Gasteiger charge is -2.23. The fourth-order valence-corrected chi connectivity index (χ4v) is 2.60. The highest BCUT2D eigenvalue weighted by Crippen LogP contribution is 2.48. The van der Waals surface area contributed by atoms with Gasteiger partial charge >= 0.3 is 12.1 Å². The van der Waals surface area contributed by atoms with Gasteiger partial charge in [0.15, 0.2) is 17.3 Å². The van der Waals surface area contributed by atoms with E-state index in [1.165, 1.54) is 0 Å². The summed E-state index contributed by atoms with van der Waals surface area (Å²) in [6.45, 7) is 9.78. The van der Waals surface area contributed by atoms with Gasteiger partial charge in [0.05, 0.1) is 5.69 Å². The Morgan fingerprint density at radius 1 is 1.04 bits per heavy atom. The SMILES string of the molecule is CC(C)(C)OC(=O)Nc1c(F)c(Br)c2c(c1C(=O)OC(C)(C)C)OCO2. The Morgan fingerprint density at radius 3 is 2.12 bits per heavy atom. The minimum atomic E-state index is -0.924. The topological polar surface area (TPSA) is 83.1 Å². The molecule has 1 aromatic rings. The monoisotopic (exact) mass is 433 g/mol. The number of ether oxygens (including phenoxy) is 4. The second-order valence-corrected chi connectivity index (χ2v) is 8.36. The molecule has 0 atom stereocenters. The Hall–Kier alpha value is -2.03. The second kappa shape index (κ2) is 6.94. The van der Waals surface area contributed by atoms with Crippen molar-refractivity contribution in [1.29, 1.82) is 0 Å². The Morgan fingerprint density at radius 2 is 1.58 bits per heavy atom. The molecule has 0 radical (unpaired) electrons. The van der Waals surface area contributed by atoms with Crippen molar-refractivity contribution in [3.05, 3.63) is 15.9 Å². The molecule has 0 unspecified atom stereocenters. The third-order valence-electron chi connectivity index (χ3n) is 2.93. The molecule has 1 aromatic carbocycles. The molecule has 0 aromatic heterocycles. The predicted octanol–water partition coefficient (Wildman–Crippen LogP) is 4.62. The summed E-state index contributed by atoms with van der Waals surface area (Å²) in [7, 11) is 0. The molecule has 0 aliphatic carbocycles. The number of anilines is 1. The van der Waals surface area contributed by atoms with Gasteiger partial charge in [-0.15, -0.1) is 0 Å². The molecule has 0 saturated heterocycles. The third kappa shape index (κ3) is 4.57. The number of carbonyl (C=O) groups is 2. The largest absolute Gasteiger partial charge is 0.456 e. The molecule has 0 saturated carbocycles. The number of nitrogens with one attached hydrogen (secondary N) is 1. The fraction of sp³-hybridized carbons (Fsp3) is 0.529. The van der Waals surface area contributed by atoms with Crippen molar-refractivity contribution in [2.24, 2.45) is 0 Å². The van der Waals surface area contributed by atoms with Crippen molar-refractivity contribution in [1.82, 2.24) is 0 Å². The predicted molar refractivity (Wildman–Crippen MR) is 95.2 cm³/mol. The Balaban J connectivity index is 2.53. The van der Waals surface area contributed by atoms with Crippen molar-refractivity contribution >= 4 is 33.7 Å². The summed E-state index contributed by atoms with van der Waals surface area (Å²) in [5, 5.41) is 2.27. The fourth-order valence-electron chi connectivity index (χ4n) is 2.11. The van der Waals surface area contributed by atoms with Gasteiger partial charge in [0, 0.05) is 0 Å². The van der Waals surface area contributed by atoms with E-state index in [9.17, 15) is 14.0 Å². The zero-order valence-corrected chi connectivity index (χ0v) is 17.0. The van der Waals surface area contributed by atoms with Crippen LogP contribution in [0.15, 0.2) is 4.47 Å². The second-order valence-electron chi connectivity index (χ2n) is 7.57. The van der Waals surface area contributed by atoms with Crippen LogP contribution in [0.2, 0.25) is 0 Å². The van der Waals surface area contributed by atoms with E-state index in [4.69, 9.17) is 18.9 Å². The summed E-state index contributed by atoms with van der Waals surface area (Å²) in [5.41, 5.74) is -2.33. The van der Waals surface area contributed by atoms with Crippen LogP contribution < -0.4 is 14.8 Å². The van der Waals surface area contributed by atoms with Crippen LogP contribution in [0.25, 0.3) is 0 Å². The van der Waals surface area contributed by atoms with Crippen LogP contribution in [0.4, 0.5) is 14.9 Å². The van der Waals surface area contributed by atoms with Crippen LogP contribution in [-0.2, 0) is 9.47 Å². The van der Waals surface area contributed by atoms with E-state index >= 15 is 0 Å². The van der Waals surface area contributed by atoms with Gasteiger partial charge in [0.25, 0.3) is 0 Å². The van der Waals surface area contributed by atoms with Gasteiger partial charge in [-0.25, -0.2) is 14.0 Å². The molecule has 0 bridgehead atoms. The van der Waals surface area contributed by atoms with Crippen molar-refractivity contribution in [2.45, 2.75) is 52.7 Å². The number of carbonyl (C=O) groups excluding carboxylic acids is 2. The Labute approximate surface area is 159 Å². The molecule has 0 spiro atoms. The Bertz CT molecular complexity index is 751. The first-order valence-electron chi connectivity index (χ1n) is 7.84. The highest BCUT2D eigenvalue weighted by Gasteiger charge is 2.36. The number of rotatable bonds is 2. The average Bonchev–Trinajstić information content (AvgIpc) is 2.89. The maximum Gasteiger partial charge on any atom is 0.412 e. The van der Waals surface area contributed by atoms with Crippen molar-refractivity contribution in [3.8, 4) is 11.5 Å². The first-order chi connectivity index (χ1) is 11.8. The van der Waals surface area contributed by atoms with E-state index < -0.39 is 34.8 Å². The maximum atomic E-state index is 14.8. The molecular weight excluding hydrogens is 413 g/mol. The number of hydrogen-bond donors (Lipinski definition) is 1. The molecule has 7 nitrogen and oxygen atoms in total. The summed E-state index contributed by atoms with van der Waals surface area (Å²) in [6, 6.07) is 0. The molecule has 1 heterocycles. The summed E-state index contributed by atoms with van der Waals surface area (Å²) >= 11 is 3.05. The number of halogens is 2. The third-order valence-corrected chi connectivity index (χ3v) is 3.64. The van der Waals surface area contributed by atoms with Gasteiger partial charge < -0.3 is 18.9 Å². The summed E-state index contributed by atoms with van der Waals surface area (Å²) in [5.74, 6) is -1.76. The van der Waals surface area contributed by atoms with Crippen LogP contribution in [0.1, 0.15) is 51.9 Å². The summed E-state index contributed by atoms with van der Waals surface area (Å²) < 4.78 is 35.7. The Kier molecular flexibility index (Phi) is 5.41. The van der Waals surface area contributed by atoms with Crippen molar-refractivity contribution in [2.75, 3.05) is 12.1 Å². The summed E-state index contributed by atoms with van der Waals surface area (Å²) in [4.78, 5) is 24.8.